The molecular formula is C35H42FN7O10. The molecule has 0 fully saturated rings. The first-order chi connectivity index (χ1) is 25.6. The lowest BCUT2D eigenvalue weighted by atomic mass is 9.98. The molecule has 53 heavy (non-hydrogen) atoms. The number of aromatic nitrogens is 4. The SMILES string of the molecule is COC(=O)CNC(=O)CNC(=O)Cn1nc(C)c2c(-c3cc4c(cnn4C(=O)CCC(=O)NCCOCCOCCOCCC=O)cc3F)cccc21. The van der Waals surface area contributed by atoms with Crippen LogP contribution in [-0.4, -0.2) is 122 Å². The minimum Gasteiger partial charge on any atom is -0.468 e. The zero-order valence-electron chi connectivity index (χ0n) is 29.5. The van der Waals surface area contributed by atoms with Gasteiger partial charge in [-0.15, -0.1) is 0 Å². The lowest BCUT2D eigenvalue weighted by molar-refractivity contribution is -0.141. The fourth-order valence-electron chi connectivity index (χ4n) is 5.24. The number of fused-ring (bicyclic) bond motifs is 2. The molecule has 18 heteroatoms. The number of methoxy groups -OCH3 is 1. The van der Waals surface area contributed by atoms with Crippen LogP contribution in [0.3, 0.4) is 0 Å². The molecule has 0 aliphatic rings. The van der Waals surface area contributed by atoms with Crippen LogP contribution in [0.25, 0.3) is 32.9 Å². The van der Waals surface area contributed by atoms with Crippen molar-refractivity contribution in [2.75, 3.05) is 66.4 Å². The molecule has 2 aromatic carbocycles. The number of hydrogen-bond donors (Lipinski definition) is 3. The van der Waals surface area contributed by atoms with Gasteiger partial charge in [0.15, 0.2) is 0 Å². The van der Waals surface area contributed by atoms with Crippen LogP contribution in [0.15, 0.2) is 36.5 Å². The van der Waals surface area contributed by atoms with Crippen molar-refractivity contribution in [1.29, 1.82) is 0 Å². The molecule has 17 nitrogen and oxygen atoms in total. The number of aldehydes is 1. The topological polar surface area (TPSA) is 211 Å². The zero-order valence-corrected chi connectivity index (χ0v) is 29.5. The molecule has 0 radical (unpaired) electrons. The Kier molecular flexibility index (Phi) is 15.5. The Bertz CT molecular complexity index is 1930. The van der Waals surface area contributed by atoms with Crippen molar-refractivity contribution in [3.63, 3.8) is 0 Å². The van der Waals surface area contributed by atoms with Crippen LogP contribution < -0.4 is 16.0 Å². The quantitative estimate of drug-likeness (QED) is 0.0588. The average Bonchev–Trinajstić information content (AvgIpc) is 3.71. The summed E-state index contributed by atoms with van der Waals surface area (Å²) in [6.45, 7) is 3.10. The fraction of sp³-hybridized carbons (Fsp3) is 0.429. The molecule has 0 atom stereocenters. The van der Waals surface area contributed by atoms with Crippen molar-refractivity contribution in [1.82, 2.24) is 35.5 Å². The highest BCUT2D eigenvalue weighted by Crippen LogP contribution is 2.35. The second-order valence-electron chi connectivity index (χ2n) is 11.6. The number of benzene rings is 2. The Balaban J connectivity index is 1.32. The molecule has 0 bridgehead atoms. The van der Waals surface area contributed by atoms with Gasteiger partial charge in [0, 0.05) is 42.1 Å². The third-order valence-corrected chi connectivity index (χ3v) is 7.79. The highest BCUT2D eigenvalue weighted by molar-refractivity contribution is 6.01. The van der Waals surface area contributed by atoms with Gasteiger partial charge >= 0.3 is 5.97 Å². The van der Waals surface area contributed by atoms with E-state index in [1.54, 1.807) is 25.1 Å². The third kappa shape index (κ3) is 11.7. The van der Waals surface area contributed by atoms with E-state index in [-0.39, 0.29) is 57.1 Å². The number of halogens is 1. The van der Waals surface area contributed by atoms with Gasteiger partial charge in [0.05, 0.1) is 76.2 Å². The van der Waals surface area contributed by atoms with E-state index in [0.29, 0.717) is 72.5 Å². The smallest absolute Gasteiger partial charge is 0.325 e. The predicted molar refractivity (Wildman–Crippen MR) is 187 cm³/mol. The standard InChI is InChI=1S/C35H42FN7O10/c1-23-35-25(5-3-6-28(35)42(41-23)22-32(47)38-20-31(46)39-21-34(49)50-2)26-18-29-24(17-27(26)36)19-40-43(29)33(48)8-7-30(45)37-9-12-52-14-16-53-15-13-51-11-4-10-44/h3,5-6,10,17-19H,4,7-9,11-16,20-22H2,1-2H3,(H,37,45)(H,38,47)(H,39,46). The number of ether oxygens (including phenoxy) is 4. The number of aryl methyl sites for hydroxylation is 1. The van der Waals surface area contributed by atoms with Crippen LogP contribution in [0.2, 0.25) is 0 Å². The van der Waals surface area contributed by atoms with Crippen LogP contribution >= 0.6 is 0 Å². The van der Waals surface area contributed by atoms with Gasteiger partial charge in [-0.1, -0.05) is 12.1 Å². The van der Waals surface area contributed by atoms with Gasteiger partial charge in [0.2, 0.25) is 23.6 Å². The zero-order chi connectivity index (χ0) is 38.2. The molecule has 2 heterocycles. The number of rotatable bonds is 22. The average molecular weight is 740 g/mol. The van der Waals surface area contributed by atoms with E-state index >= 15 is 4.39 Å². The summed E-state index contributed by atoms with van der Waals surface area (Å²) < 4.78 is 38.6. The van der Waals surface area contributed by atoms with Crippen molar-refractivity contribution >= 4 is 57.7 Å². The molecule has 3 N–H and O–H groups in total. The number of amides is 3. The summed E-state index contributed by atoms with van der Waals surface area (Å²) in [5.41, 5.74) is 2.05. The Labute approximate surface area is 303 Å². The predicted octanol–water partition coefficient (Wildman–Crippen LogP) is 1.08. The van der Waals surface area contributed by atoms with E-state index in [0.717, 1.165) is 11.0 Å². The van der Waals surface area contributed by atoms with E-state index in [9.17, 15) is 28.8 Å². The largest absolute Gasteiger partial charge is 0.468 e. The van der Waals surface area contributed by atoms with Gasteiger partial charge in [0.1, 0.15) is 25.2 Å². The number of carbonyl (C=O) groups is 6. The Morgan fingerprint density at radius 3 is 2.28 bits per heavy atom. The Morgan fingerprint density at radius 1 is 0.830 bits per heavy atom. The first-order valence-electron chi connectivity index (χ1n) is 16.8. The first-order valence-corrected chi connectivity index (χ1v) is 16.8. The highest BCUT2D eigenvalue weighted by atomic mass is 19.1. The minimum atomic E-state index is -0.629. The molecule has 0 aliphatic carbocycles. The van der Waals surface area contributed by atoms with E-state index < -0.39 is 29.5 Å². The Morgan fingerprint density at radius 2 is 1.55 bits per heavy atom. The molecule has 2 aromatic heterocycles. The molecule has 0 aliphatic heterocycles. The first kappa shape index (κ1) is 40.2. The van der Waals surface area contributed by atoms with E-state index in [4.69, 9.17) is 14.2 Å². The van der Waals surface area contributed by atoms with Crippen molar-refractivity contribution in [3.8, 4) is 11.1 Å². The van der Waals surface area contributed by atoms with Crippen LogP contribution in [0, 0.1) is 12.7 Å². The van der Waals surface area contributed by atoms with Gasteiger partial charge in [-0.25, -0.2) is 9.07 Å². The number of hydrogen-bond acceptors (Lipinski definition) is 12. The van der Waals surface area contributed by atoms with Crippen molar-refractivity contribution in [2.45, 2.75) is 32.7 Å². The summed E-state index contributed by atoms with van der Waals surface area (Å²) in [4.78, 5) is 71.5. The molecule has 284 valence electrons. The van der Waals surface area contributed by atoms with Crippen LogP contribution in [0.5, 0.6) is 0 Å². The number of esters is 1. The van der Waals surface area contributed by atoms with Crippen LogP contribution in [-0.2, 0) is 49.5 Å². The van der Waals surface area contributed by atoms with Crippen molar-refractivity contribution in [2.24, 2.45) is 0 Å². The summed E-state index contributed by atoms with van der Waals surface area (Å²) in [7, 11) is 1.19. The number of nitrogens with one attached hydrogen (secondary N) is 3. The summed E-state index contributed by atoms with van der Waals surface area (Å²) in [5, 5.41) is 17.1. The molecule has 3 amide bonds. The molecule has 0 saturated heterocycles. The molecule has 0 spiro atoms. The van der Waals surface area contributed by atoms with Gasteiger partial charge in [-0.2, -0.15) is 10.2 Å². The second kappa shape index (κ2) is 20.4. The maximum absolute atomic E-state index is 15.6. The second-order valence-corrected chi connectivity index (χ2v) is 11.6. The summed E-state index contributed by atoms with van der Waals surface area (Å²) in [6, 6.07) is 7.91. The molecule has 4 aromatic rings. The van der Waals surface area contributed by atoms with Crippen LogP contribution in [0.4, 0.5) is 4.39 Å². The maximum Gasteiger partial charge on any atom is 0.325 e. The molecular weight excluding hydrogens is 697 g/mol. The minimum absolute atomic E-state index is 0.0924. The summed E-state index contributed by atoms with van der Waals surface area (Å²) >= 11 is 0. The molecule has 4 rings (SSSR count). The summed E-state index contributed by atoms with van der Waals surface area (Å²) in [6.07, 6.45) is 2.27. The normalized spacial score (nSPS) is 11.1. The Hall–Kier alpha value is -5.59. The monoisotopic (exact) mass is 739 g/mol. The fourth-order valence-corrected chi connectivity index (χ4v) is 5.24. The van der Waals surface area contributed by atoms with Crippen LogP contribution in [0.1, 0.15) is 29.8 Å². The number of nitrogens with zero attached hydrogens (tertiary/aromatic N) is 4. The highest BCUT2D eigenvalue weighted by Gasteiger charge is 2.20. The third-order valence-electron chi connectivity index (χ3n) is 7.79. The van der Waals surface area contributed by atoms with E-state index in [1.165, 1.54) is 30.1 Å². The van der Waals surface area contributed by atoms with Gasteiger partial charge in [0.25, 0.3) is 0 Å². The van der Waals surface area contributed by atoms with E-state index in [1.807, 2.05) is 0 Å². The van der Waals surface area contributed by atoms with Crippen molar-refractivity contribution < 1.29 is 52.1 Å². The number of carbonyl (C=O) groups excluding carboxylic acids is 6. The molecule has 0 saturated carbocycles. The van der Waals surface area contributed by atoms with E-state index in [2.05, 4.69) is 30.9 Å². The molecule has 0 unspecified atom stereocenters. The van der Waals surface area contributed by atoms with Gasteiger partial charge in [-0.05, 0) is 30.7 Å². The van der Waals surface area contributed by atoms with Crippen molar-refractivity contribution in [3.05, 3.63) is 48.0 Å². The van der Waals surface area contributed by atoms with Gasteiger partial charge in [-0.3, -0.25) is 28.7 Å². The summed E-state index contributed by atoms with van der Waals surface area (Å²) in [5.74, 6) is -3.08. The van der Waals surface area contributed by atoms with Gasteiger partial charge < -0.3 is 39.7 Å². The lowest BCUT2D eigenvalue weighted by Gasteiger charge is -2.10. The maximum atomic E-state index is 15.6. The lowest BCUT2D eigenvalue weighted by Crippen LogP contribution is -2.40.